The van der Waals surface area contributed by atoms with E-state index in [9.17, 15) is 10.1 Å². The van der Waals surface area contributed by atoms with Crippen LogP contribution >= 0.6 is 11.3 Å². The van der Waals surface area contributed by atoms with Crippen LogP contribution in [0, 0.1) is 10.1 Å². The molecule has 0 saturated carbocycles. The molecule has 0 amide bonds. The number of methoxy groups -OCH3 is 1. The van der Waals surface area contributed by atoms with Crippen LogP contribution in [-0.2, 0) is 7.05 Å². The number of nitro benzene ring substituents is 1. The van der Waals surface area contributed by atoms with Crippen LogP contribution in [0.5, 0.6) is 5.75 Å². The van der Waals surface area contributed by atoms with Crippen LogP contribution in [0.2, 0.25) is 0 Å². The number of hydrogen-bond donors (Lipinski definition) is 0. The predicted octanol–water partition coefficient (Wildman–Crippen LogP) is 3.78. The Morgan fingerprint density at radius 1 is 1.24 bits per heavy atom. The summed E-state index contributed by atoms with van der Waals surface area (Å²) in [4.78, 5) is 10.3. The maximum Gasteiger partial charge on any atom is 0.411 e. The maximum absolute atomic E-state index is 10.7. The number of rotatable bonds is 5. The van der Waals surface area contributed by atoms with Crippen molar-refractivity contribution >= 4 is 38.1 Å². The highest BCUT2D eigenvalue weighted by Gasteiger charge is 2.17. The molecule has 0 unspecified atom stereocenters. The predicted molar refractivity (Wildman–Crippen MR) is 95.6 cm³/mol. The summed E-state index contributed by atoms with van der Waals surface area (Å²) in [7, 11) is 5.29. The lowest BCUT2D eigenvalue weighted by atomic mass is 10.3. The average Bonchev–Trinajstić information content (AvgIpc) is 2.94. The van der Waals surface area contributed by atoms with E-state index in [4.69, 9.17) is 4.74 Å². The van der Waals surface area contributed by atoms with Gasteiger partial charge in [0.25, 0.3) is 5.69 Å². The third-order valence-corrected chi connectivity index (χ3v) is 4.80. The van der Waals surface area contributed by atoms with Crippen LogP contribution in [-0.4, -0.2) is 19.1 Å². The van der Waals surface area contributed by atoms with Crippen molar-refractivity contribution in [3.05, 3.63) is 52.6 Å². The first kappa shape index (κ1) is 16.8. The molecule has 0 aliphatic carbocycles. The van der Waals surface area contributed by atoms with Crippen molar-refractivity contribution in [2.45, 2.75) is 0 Å². The minimum absolute atomic E-state index is 0.0407. The van der Waals surface area contributed by atoms with Crippen molar-refractivity contribution in [3.63, 3.8) is 0 Å². The molecular weight excluding hydrogens is 342 g/mol. The van der Waals surface area contributed by atoms with E-state index in [-0.39, 0.29) is 5.69 Å². The molecule has 9 heteroatoms. The van der Waals surface area contributed by atoms with E-state index >= 15 is 0 Å². The molecule has 3 rings (SSSR count). The second-order valence-corrected chi connectivity index (χ2v) is 6.27. The SMILES string of the molecule is COc1ccc2c(c1)sc(/N=N/N(C)c1ccc([N+](=O)[O-])cc1)[n+]2C. The summed E-state index contributed by atoms with van der Waals surface area (Å²) in [5, 5.41) is 21.5. The minimum atomic E-state index is -0.434. The zero-order valence-corrected chi connectivity index (χ0v) is 14.7. The Balaban J connectivity index is 1.84. The van der Waals surface area contributed by atoms with Crippen molar-refractivity contribution in [2.75, 3.05) is 19.2 Å². The first-order chi connectivity index (χ1) is 12.0. The van der Waals surface area contributed by atoms with Crippen molar-refractivity contribution in [3.8, 4) is 5.75 Å². The molecule has 0 saturated heterocycles. The van der Waals surface area contributed by atoms with Gasteiger partial charge in [-0.05, 0) is 35.6 Å². The van der Waals surface area contributed by atoms with E-state index < -0.39 is 4.92 Å². The fourth-order valence-corrected chi connectivity index (χ4v) is 3.28. The summed E-state index contributed by atoms with van der Waals surface area (Å²) in [6.45, 7) is 0. The first-order valence-electron chi connectivity index (χ1n) is 7.36. The largest absolute Gasteiger partial charge is 0.497 e. The molecule has 25 heavy (non-hydrogen) atoms. The molecule has 3 aromatic rings. The Bertz CT molecular complexity index is 952. The first-order valence-corrected chi connectivity index (χ1v) is 8.17. The van der Waals surface area contributed by atoms with Gasteiger partial charge >= 0.3 is 5.13 Å². The molecule has 0 aliphatic heterocycles. The smallest absolute Gasteiger partial charge is 0.411 e. The fourth-order valence-electron chi connectivity index (χ4n) is 2.28. The van der Waals surface area contributed by atoms with Gasteiger partial charge in [0.2, 0.25) is 0 Å². The highest BCUT2D eigenvalue weighted by atomic mass is 32.1. The number of ether oxygens (including phenoxy) is 1. The molecule has 8 nitrogen and oxygen atoms in total. The van der Waals surface area contributed by atoms with Gasteiger partial charge in [0.05, 0.1) is 34.7 Å². The Morgan fingerprint density at radius 3 is 2.60 bits per heavy atom. The number of aryl methyl sites for hydroxylation is 1. The lowest BCUT2D eigenvalue weighted by Gasteiger charge is -2.07. The van der Waals surface area contributed by atoms with Gasteiger partial charge in [-0.1, -0.05) is 0 Å². The molecule has 0 spiro atoms. The Morgan fingerprint density at radius 2 is 1.96 bits per heavy atom. The van der Waals surface area contributed by atoms with Gasteiger partial charge in [-0.25, -0.2) is 9.58 Å². The molecule has 0 aliphatic rings. The van der Waals surface area contributed by atoms with Crippen molar-refractivity contribution in [2.24, 2.45) is 17.4 Å². The van der Waals surface area contributed by atoms with Crippen LogP contribution in [0.4, 0.5) is 16.5 Å². The molecule has 0 atom stereocenters. The van der Waals surface area contributed by atoms with E-state index in [0.29, 0.717) is 5.69 Å². The topological polar surface area (TPSA) is 84.2 Å². The van der Waals surface area contributed by atoms with Crippen LogP contribution in [0.15, 0.2) is 52.8 Å². The van der Waals surface area contributed by atoms with Crippen LogP contribution in [0.3, 0.4) is 0 Å². The van der Waals surface area contributed by atoms with Crippen LogP contribution in [0.1, 0.15) is 0 Å². The van der Waals surface area contributed by atoms with Gasteiger partial charge in [0, 0.05) is 25.2 Å². The number of benzene rings is 2. The molecular formula is C16H16N5O3S+. The molecule has 0 fully saturated rings. The third-order valence-electron chi connectivity index (χ3n) is 3.72. The number of thiazole rings is 1. The van der Waals surface area contributed by atoms with Crippen molar-refractivity contribution < 1.29 is 14.2 Å². The highest BCUT2D eigenvalue weighted by molar-refractivity contribution is 7.21. The van der Waals surface area contributed by atoms with Crippen LogP contribution < -0.4 is 14.3 Å². The maximum atomic E-state index is 10.7. The zero-order valence-electron chi connectivity index (χ0n) is 13.9. The normalized spacial score (nSPS) is 11.2. The van der Waals surface area contributed by atoms with Gasteiger partial charge < -0.3 is 4.74 Å². The fraction of sp³-hybridized carbons (Fsp3) is 0.188. The highest BCUT2D eigenvalue weighted by Crippen LogP contribution is 2.29. The number of fused-ring (bicyclic) bond motifs is 1. The number of hydrogen-bond acceptors (Lipinski definition) is 6. The molecule has 2 aromatic carbocycles. The minimum Gasteiger partial charge on any atom is -0.497 e. The number of nitro groups is 1. The second-order valence-electron chi connectivity index (χ2n) is 5.26. The lowest BCUT2D eigenvalue weighted by molar-refractivity contribution is -0.627. The van der Waals surface area contributed by atoms with Gasteiger partial charge in [-0.2, -0.15) is 0 Å². The summed E-state index contributed by atoms with van der Waals surface area (Å²) < 4.78 is 8.24. The average molecular weight is 358 g/mol. The summed E-state index contributed by atoms with van der Waals surface area (Å²) in [5.41, 5.74) is 1.79. The number of nitrogens with zero attached hydrogens (tertiary/aromatic N) is 5. The third kappa shape index (κ3) is 3.41. The summed E-state index contributed by atoms with van der Waals surface area (Å²) in [6.07, 6.45) is 0. The summed E-state index contributed by atoms with van der Waals surface area (Å²) in [5.74, 6) is 0.792. The number of anilines is 1. The van der Waals surface area contributed by atoms with Crippen molar-refractivity contribution in [1.82, 2.24) is 0 Å². The lowest BCUT2D eigenvalue weighted by Crippen LogP contribution is -2.25. The van der Waals surface area contributed by atoms with E-state index in [1.807, 2.05) is 29.8 Å². The summed E-state index contributed by atoms with van der Waals surface area (Å²) >= 11 is 1.50. The number of non-ortho nitro benzene ring substituents is 1. The second kappa shape index (κ2) is 6.81. The molecule has 0 bridgehead atoms. The number of aromatic nitrogens is 1. The standard InChI is InChI=1S/C16H16N5O3S/c1-19-14-9-8-13(24-3)10-15(14)25-16(19)17-18-20(2)11-4-6-12(7-5-11)21(22)23/h4-10H,1-3H3/q+1. The van der Waals surface area contributed by atoms with Gasteiger partial charge in [-0.15, -0.1) is 0 Å². The van der Waals surface area contributed by atoms with Gasteiger partial charge in [-0.3, -0.25) is 10.1 Å². The van der Waals surface area contributed by atoms with E-state index in [2.05, 4.69) is 10.3 Å². The van der Waals surface area contributed by atoms with Crippen molar-refractivity contribution in [1.29, 1.82) is 0 Å². The molecule has 0 radical (unpaired) electrons. The summed E-state index contributed by atoms with van der Waals surface area (Å²) in [6, 6.07) is 12.0. The Hall–Kier alpha value is -3.07. The molecule has 0 N–H and O–H groups in total. The molecule has 1 aromatic heterocycles. The molecule has 128 valence electrons. The monoisotopic (exact) mass is 358 g/mol. The van der Waals surface area contributed by atoms with E-state index in [1.54, 1.807) is 31.3 Å². The quantitative estimate of drug-likeness (QED) is 0.301. The van der Waals surface area contributed by atoms with Gasteiger partial charge in [0.1, 0.15) is 16.4 Å². The van der Waals surface area contributed by atoms with E-state index in [1.165, 1.54) is 23.5 Å². The van der Waals surface area contributed by atoms with Crippen LogP contribution in [0.25, 0.3) is 10.2 Å². The van der Waals surface area contributed by atoms with E-state index in [0.717, 1.165) is 21.1 Å². The van der Waals surface area contributed by atoms with Gasteiger partial charge in [0.15, 0.2) is 0 Å². The Kier molecular flexibility index (Phi) is 4.57. The Labute approximate surface area is 147 Å². The zero-order chi connectivity index (χ0) is 18.0. The molecule has 1 heterocycles.